The normalized spacial score (nSPS) is 19.4. The molecule has 0 spiro atoms. The van der Waals surface area contributed by atoms with Crippen molar-refractivity contribution in [3.8, 4) is 0 Å². The predicted molar refractivity (Wildman–Crippen MR) is 71.3 cm³/mol. The number of nitrogens with two attached hydrogens (primary N) is 1. The van der Waals surface area contributed by atoms with E-state index in [9.17, 15) is 4.79 Å². The molecule has 1 fully saturated rings. The van der Waals surface area contributed by atoms with Gasteiger partial charge in [0.25, 0.3) is 0 Å². The van der Waals surface area contributed by atoms with Gasteiger partial charge in [-0.15, -0.1) is 12.4 Å². The Kier molecular flexibility index (Phi) is 5.91. The molecule has 0 atom stereocenters. The molecule has 1 rings (SSSR count). The standard InChI is InChI=1S/C12H24N2O2.ClH/c1-11(2,3)9-14(4)10(15)12(13)5-7-16-8-6-12;/h5-9,13H2,1-4H3;1H. The van der Waals surface area contributed by atoms with Crippen LogP contribution in [0.4, 0.5) is 0 Å². The first-order chi connectivity index (χ1) is 7.25. The van der Waals surface area contributed by atoms with Crippen molar-refractivity contribution in [2.24, 2.45) is 11.1 Å². The summed E-state index contributed by atoms with van der Waals surface area (Å²) in [4.78, 5) is 14.0. The molecule has 102 valence electrons. The highest BCUT2D eigenvalue weighted by Gasteiger charge is 2.38. The molecule has 1 aliphatic heterocycles. The molecule has 0 saturated carbocycles. The van der Waals surface area contributed by atoms with Gasteiger partial charge in [0.05, 0.1) is 5.54 Å². The van der Waals surface area contributed by atoms with Crippen LogP contribution in [0.2, 0.25) is 0 Å². The summed E-state index contributed by atoms with van der Waals surface area (Å²) in [5.74, 6) is 0.0470. The molecule has 4 nitrogen and oxygen atoms in total. The molecule has 0 bridgehead atoms. The molecule has 1 heterocycles. The number of carbonyl (C=O) groups excluding carboxylic acids is 1. The van der Waals surface area contributed by atoms with Crippen molar-refractivity contribution in [3.63, 3.8) is 0 Å². The second-order valence-electron chi connectivity index (χ2n) is 5.99. The average Bonchev–Trinajstić information content (AvgIpc) is 2.15. The number of halogens is 1. The van der Waals surface area contributed by atoms with Gasteiger partial charge in [-0.2, -0.15) is 0 Å². The fourth-order valence-electron chi connectivity index (χ4n) is 2.11. The highest BCUT2D eigenvalue weighted by molar-refractivity contribution is 5.86. The number of hydrogen-bond acceptors (Lipinski definition) is 3. The van der Waals surface area contributed by atoms with Crippen LogP contribution in [0.15, 0.2) is 0 Å². The molecule has 17 heavy (non-hydrogen) atoms. The van der Waals surface area contributed by atoms with Crippen LogP contribution in [0, 0.1) is 5.41 Å². The van der Waals surface area contributed by atoms with E-state index in [-0.39, 0.29) is 23.7 Å². The van der Waals surface area contributed by atoms with Crippen molar-refractivity contribution >= 4 is 18.3 Å². The number of carbonyl (C=O) groups is 1. The molecule has 2 N–H and O–H groups in total. The first-order valence-electron chi connectivity index (χ1n) is 5.87. The molecule has 0 aromatic carbocycles. The topological polar surface area (TPSA) is 55.6 Å². The minimum atomic E-state index is -0.710. The van der Waals surface area contributed by atoms with Gasteiger partial charge in [-0.05, 0) is 18.3 Å². The van der Waals surface area contributed by atoms with Crippen LogP contribution in [-0.2, 0) is 9.53 Å². The van der Waals surface area contributed by atoms with Gasteiger partial charge in [-0.3, -0.25) is 4.79 Å². The van der Waals surface area contributed by atoms with Crippen LogP contribution in [0.25, 0.3) is 0 Å². The maximum absolute atomic E-state index is 12.2. The third kappa shape index (κ3) is 4.82. The van der Waals surface area contributed by atoms with Gasteiger partial charge in [0.1, 0.15) is 0 Å². The summed E-state index contributed by atoms with van der Waals surface area (Å²) in [5, 5.41) is 0. The Morgan fingerprint density at radius 2 is 1.82 bits per heavy atom. The van der Waals surface area contributed by atoms with Gasteiger partial charge < -0.3 is 15.4 Å². The summed E-state index contributed by atoms with van der Waals surface area (Å²) in [6.07, 6.45) is 1.25. The number of nitrogens with zero attached hydrogens (tertiary/aromatic N) is 1. The number of amides is 1. The van der Waals surface area contributed by atoms with Crippen molar-refractivity contribution in [1.82, 2.24) is 4.90 Å². The zero-order chi connectivity index (χ0) is 12.4. The second-order valence-corrected chi connectivity index (χ2v) is 5.99. The fraction of sp³-hybridized carbons (Fsp3) is 0.917. The van der Waals surface area contributed by atoms with Crippen LogP contribution < -0.4 is 5.73 Å². The fourth-order valence-corrected chi connectivity index (χ4v) is 2.11. The molecule has 0 aliphatic carbocycles. The van der Waals surface area contributed by atoms with Crippen LogP contribution in [0.5, 0.6) is 0 Å². The van der Waals surface area contributed by atoms with Crippen LogP contribution in [-0.4, -0.2) is 43.2 Å². The van der Waals surface area contributed by atoms with Gasteiger partial charge in [0.2, 0.25) is 5.91 Å². The summed E-state index contributed by atoms with van der Waals surface area (Å²) >= 11 is 0. The molecule has 0 aromatic heterocycles. The summed E-state index contributed by atoms with van der Waals surface area (Å²) in [5.41, 5.74) is 5.54. The largest absolute Gasteiger partial charge is 0.381 e. The molecule has 1 saturated heterocycles. The number of ether oxygens (including phenoxy) is 1. The van der Waals surface area contributed by atoms with Gasteiger partial charge in [0, 0.05) is 26.8 Å². The van der Waals surface area contributed by atoms with E-state index in [1.165, 1.54) is 0 Å². The Balaban J connectivity index is 0.00000256. The SMILES string of the molecule is CN(CC(C)(C)C)C(=O)C1(N)CCOCC1.Cl. The van der Waals surface area contributed by atoms with E-state index < -0.39 is 5.54 Å². The lowest BCUT2D eigenvalue weighted by Gasteiger charge is -2.37. The summed E-state index contributed by atoms with van der Waals surface area (Å²) in [7, 11) is 1.83. The molecule has 1 aliphatic rings. The van der Waals surface area contributed by atoms with Crippen LogP contribution in [0.1, 0.15) is 33.6 Å². The number of hydrogen-bond donors (Lipinski definition) is 1. The van der Waals surface area contributed by atoms with Gasteiger partial charge >= 0.3 is 0 Å². The zero-order valence-electron chi connectivity index (χ0n) is 11.3. The lowest BCUT2D eigenvalue weighted by molar-refractivity contribution is -0.140. The van der Waals surface area contributed by atoms with Crippen LogP contribution in [0.3, 0.4) is 0 Å². The minimum Gasteiger partial charge on any atom is -0.381 e. The molecule has 5 heteroatoms. The van der Waals surface area contributed by atoms with E-state index in [4.69, 9.17) is 10.5 Å². The summed E-state index contributed by atoms with van der Waals surface area (Å²) in [6.45, 7) is 8.25. The van der Waals surface area contributed by atoms with E-state index in [0.717, 1.165) is 6.54 Å². The third-order valence-electron chi connectivity index (χ3n) is 2.87. The lowest BCUT2D eigenvalue weighted by Crippen LogP contribution is -2.58. The summed E-state index contributed by atoms with van der Waals surface area (Å²) < 4.78 is 5.24. The Hall–Kier alpha value is -0.320. The third-order valence-corrected chi connectivity index (χ3v) is 2.87. The Morgan fingerprint density at radius 3 is 2.24 bits per heavy atom. The maximum Gasteiger partial charge on any atom is 0.242 e. The Bertz CT molecular complexity index is 258. The zero-order valence-corrected chi connectivity index (χ0v) is 12.1. The molecule has 0 radical (unpaired) electrons. The van der Waals surface area contributed by atoms with Crippen molar-refractivity contribution in [2.75, 3.05) is 26.8 Å². The lowest BCUT2D eigenvalue weighted by atomic mass is 9.88. The highest BCUT2D eigenvalue weighted by atomic mass is 35.5. The predicted octanol–water partition coefficient (Wildman–Crippen LogP) is 1.42. The first-order valence-corrected chi connectivity index (χ1v) is 5.87. The Labute approximate surface area is 110 Å². The maximum atomic E-state index is 12.2. The van der Waals surface area contributed by atoms with E-state index in [0.29, 0.717) is 26.1 Å². The quantitative estimate of drug-likeness (QED) is 0.821. The smallest absolute Gasteiger partial charge is 0.242 e. The van der Waals surface area contributed by atoms with E-state index in [2.05, 4.69) is 20.8 Å². The van der Waals surface area contributed by atoms with Crippen molar-refractivity contribution < 1.29 is 9.53 Å². The monoisotopic (exact) mass is 264 g/mol. The van der Waals surface area contributed by atoms with Crippen LogP contribution >= 0.6 is 12.4 Å². The summed E-state index contributed by atoms with van der Waals surface area (Å²) in [6, 6.07) is 0. The molecule has 0 unspecified atom stereocenters. The van der Waals surface area contributed by atoms with Gasteiger partial charge in [0.15, 0.2) is 0 Å². The van der Waals surface area contributed by atoms with E-state index in [1.54, 1.807) is 4.90 Å². The van der Waals surface area contributed by atoms with Gasteiger partial charge in [-0.1, -0.05) is 20.8 Å². The van der Waals surface area contributed by atoms with Gasteiger partial charge in [-0.25, -0.2) is 0 Å². The average molecular weight is 265 g/mol. The van der Waals surface area contributed by atoms with Crippen molar-refractivity contribution in [3.05, 3.63) is 0 Å². The number of likely N-dealkylation sites (N-methyl/N-ethyl adjacent to an activating group) is 1. The van der Waals surface area contributed by atoms with E-state index in [1.807, 2.05) is 7.05 Å². The molecular weight excluding hydrogens is 240 g/mol. The highest BCUT2D eigenvalue weighted by Crippen LogP contribution is 2.22. The molecular formula is C12H25ClN2O2. The van der Waals surface area contributed by atoms with E-state index >= 15 is 0 Å². The second kappa shape index (κ2) is 6.03. The molecule has 0 aromatic rings. The number of rotatable bonds is 2. The minimum absolute atomic E-state index is 0. The molecule has 1 amide bonds. The first kappa shape index (κ1) is 16.7. The van der Waals surface area contributed by atoms with Crippen molar-refractivity contribution in [1.29, 1.82) is 0 Å². The Morgan fingerprint density at radius 1 is 1.35 bits per heavy atom. The van der Waals surface area contributed by atoms with Crippen molar-refractivity contribution in [2.45, 2.75) is 39.2 Å².